The molecule has 2 N–H and O–H groups in total. The lowest BCUT2D eigenvalue weighted by atomic mass is 10.0. The molecule has 174 valence electrons. The van der Waals surface area contributed by atoms with E-state index in [4.69, 9.17) is 16.4 Å². The van der Waals surface area contributed by atoms with Gasteiger partial charge in [-0.05, 0) is 37.1 Å². The van der Waals surface area contributed by atoms with E-state index < -0.39 is 6.09 Å². The fraction of sp³-hybridized carbons (Fsp3) is 0.455. The van der Waals surface area contributed by atoms with Gasteiger partial charge in [0.15, 0.2) is 0 Å². The van der Waals surface area contributed by atoms with Gasteiger partial charge in [0.25, 0.3) is 5.91 Å². The molecule has 32 heavy (non-hydrogen) atoms. The van der Waals surface area contributed by atoms with E-state index in [1.165, 1.54) is 17.0 Å². The van der Waals surface area contributed by atoms with Crippen molar-refractivity contribution >= 4 is 23.6 Å². The second-order valence-electron chi connectivity index (χ2n) is 7.65. The summed E-state index contributed by atoms with van der Waals surface area (Å²) in [6.45, 7) is 7.85. The number of aromatic nitrogens is 1. The van der Waals surface area contributed by atoms with Crippen molar-refractivity contribution in [1.29, 1.82) is 0 Å². The van der Waals surface area contributed by atoms with Crippen molar-refractivity contribution in [3.05, 3.63) is 46.5 Å². The summed E-state index contributed by atoms with van der Waals surface area (Å²) in [5.41, 5.74) is 1.50. The number of carbonyl (C=O) groups excluding carboxylic acids is 2. The lowest BCUT2D eigenvalue weighted by Crippen LogP contribution is -2.50. The van der Waals surface area contributed by atoms with Crippen LogP contribution in [0, 0.1) is 0 Å². The van der Waals surface area contributed by atoms with Gasteiger partial charge in [-0.1, -0.05) is 18.5 Å². The van der Waals surface area contributed by atoms with Crippen molar-refractivity contribution in [2.24, 2.45) is 0 Å². The Morgan fingerprint density at radius 1 is 1.06 bits per heavy atom. The van der Waals surface area contributed by atoms with Gasteiger partial charge < -0.3 is 24.9 Å². The van der Waals surface area contributed by atoms with Crippen LogP contribution in [0.5, 0.6) is 11.8 Å². The monoisotopic (exact) mass is 464 g/mol. The zero-order valence-electron chi connectivity index (χ0n) is 18.3. The van der Waals surface area contributed by atoms with Gasteiger partial charge in [0.2, 0.25) is 11.8 Å². The van der Waals surface area contributed by atoms with Gasteiger partial charge in [-0.2, -0.15) is 0 Å². The van der Waals surface area contributed by atoms with Crippen molar-refractivity contribution in [1.82, 2.24) is 19.4 Å². The van der Waals surface area contributed by atoms with Gasteiger partial charge in [0.05, 0.1) is 0 Å². The highest BCUT2D eigenvalue weighted by Gasteiger charge is 2.26. The number of nitrogens with zero attached hydrogens (tertiary/aromatic N) is 4. The Balaban J connectivity index is 1.63. The zero-order chi connectivity index (χ0) is 23.3. The number of rotatable bonds is 7. The van der Waals surface area contributed by atoms with Gasteiger partial charge in [-0.15, -0.1) is 4.73 Å². The molecule has 1 aromatic heterocycles. The summed E-state index contributed by atoms with van der Waals surface area (Å²) < 4.78 is 0.675. The number of benzene rings is 1. The van der Waals surface area contributed by atoms with Gasteiger partial charge in [0.1, 0.15) is 0 Å². The first-order valence-electron chi connectivity index (χ1n) is 10.7. The van der Waals surface area contributed by atoms with Crippen molar-refractivity contribution in [3.8, 4) is 11.8 Å². The van der Waals surface area contributed by atoms with Crippen LogP contribution in [0.3, 0.4) is 0 Å². The van der Waals surface area contributed by atoms with Crippen LogP contribution in [0.1, 0.15) is 36.2 Å². The first kappa shape index (κ1) is 23.7. The summed E-state index contributed by atoms with van der Waals surface area (Å²) >= 11 is 6.22. The first-order chi connectivity index (χ1) is 15.3. The van der Waals surface area contributed by atoms with Gasteiger partial charge in [-0.3, -0.25) is 9.69 Å². The molecule has 0 aliphatic carbocycles. The van der Waals surface area contributed by atoms with Crippen LogP contribution in [0.2, 0.25) is 5.02 Å². The summed E-state index contributed by atoms with van der Waals surface area (Å²) in [6.07, 6.45) is 0.224. The number of aromatic hydroxyl groups is 2. The van der Waals surface area contributed by atoms with Gasteiger partial charge >= 0.3 is 6.09 Å². The van der Waals surface area contributed by atoms with Crippen LogP contribution in [0.15, 0.2) is 30.3 Å². The van der Waals surface area contributed by atoms with Crippen molar-refractivity contribution in [2.45, 2.75) is 26.8 Å². The Hall–Kier alpha value is -2.91. The fourth-order valence-electron chi connectivity index (χ4n) is 3.71. The molecular weight excluding hydrogens is 436 g/mol. The molecule has 3 rings (SSSR count). The molecule has 2 aromatic rings. The van der Waals surface area contributed by atoms with Crippen molar-refractivity contribution < 1.29 is 24.6 Å². The van der Waals surface area contributed by atoms with Crippen LogP contribution in [-0.2, 0) is 6.54 Å². The standard InChI is InChI=1S/C22H29ClN4O5/c1-3-9-25(4-2)21(30)18-6-5-17(23)14-16(18)15-24-10-12-26(13-11-24)22(31)32-27-19(28)7-8-20(27)29/h5-8,14,28-29H,3-4,9-13,15H2,1-2H3. The minimum Gasteiger partial charge on any atom is -0.492 e. The Kier molecular flexibility index (Phi) is 7.87. The van der Waals surface area contributed by atoms with E-state index in [1.54, 1.807) is 12.1 Å². The van der Waals surface area contributed by atoms with E-state index >= 15 is 0 Å². The Morgan fingerprint density at radius 3 is 2.31 bits per heavy atom. The van der Waals surface area contributed by atoms with Crippen molar-refractivity contribution in [3.63, 3.8) is 0 Å². The summed E-state index contributed by atoms with van der Waals surface area (Å²) in [5, 5.41) is 19.8. The predicted molar refractivity (Wildman–Crippen MR) is 120 cm³/mol. The minimum absolute atomic E-state index is 0.00503. The van der Waals surface area contributed by atoms with Crippen LogP contribution in [-0.4, -0.2) is 80.9 Å². The lowest BCUT2D eigenvalue weighted by Gasteiger charge is -2.34. The number of carbonyl (C=O) groups is 2. The second-order valence-corrected chi connectivity index (χ2v) is 8.09. The highest BCUT2D eigenvalue weighted by atomic mass is 35.5. The lowest BCUT2D eigenvalue weighted by molar-refractivity contribution is 0.0554. The third kappa shape index (κ3) is 5.46. The largest absolute Gasteiger partial charge is 0.492 e. The molecule has 0 spiro atoms. The normalized spacial score (nSPS) is 14.4. The molecule has 2 heterocycles. The molecule has 2 amide bonds. The van der Waals surface area contributed by atoms with Gasteiger partial charge in [-0.25, -0.2) is 4.79 Å². The third-order valence-corrected chi connectivity index (χ3v) is 5.69. The summed E-state index contributed by atoms with van der Waals surface area (Å²) in [4.78, 5) is 35.9. The Morgan fingerprint density at radius 2 is 1.72 bits per heavy atom. The molecule has 9 nitrogen and oxygen atoms in total. The number of hydrogen-bond donors (Lipinski definition) is 2. The molecule has 0 bridgehead atoms. The highest BCUT2D eigenvalue weighted by molar-refractivity contribution is 6.30. The Labute approximate surface area is 192 Å². The molecule has 1 aromatic carbocycles. The summed E-state index contributed by atoms with van der Waals surface area (Å²) in [7, 11) is 0. The quantitative estimate of drug-likeness (QED) is 0.653. The van der Waals surface area contributed by atoms with Crippen LogP contribution >= 0.6 is 11.6 Å². The minimum atomic E-state index is -0.664. The predicted octanol–water partition coefficient (Wildman–Crippen LogP) is 2.79. The first-order valence-corrected chi connectivity index (χ1v) is 11.1. The fourth-order valence-corrected chi connectivity index (χ4v) is 3.90. The summed E-state index contributed by atoms with van der Waals surface area (Å²) in [5.74, 6) is -0.733. The molecule has 1 aliphatic rings. The number of piperazine rings is 1. The second kappa shape index (κ2) is 10.6. The molecule has 1 aliphatic heterocycles. The Bertz CT molecular complexity index is 936. The molecule has 0 unspecified atom stereocenters. The molecule has 1 saturated heterocycles. The number of hydrogen-bond acceptors (Lipinski definition) is 6. The van der Waals surface area contributed by atoms with E-state index in [9.17, 15) is 19.8 Å². The number of halogens is 1. The average Bonchev–Trinajstić information content (AvgIpc) is 3.09. The van der Waals surface area contributed by atoms with E-state index in [-0.39, 0.29) is 17.7 Å². The number of amides is 2. The average molecular weight is 465 g/mol. The van der Waals surface area contributed by atoms with Crippen LogP contribution in [0.4, 0.5) is 4.79 Å². The molecule has 1 fully saturated rings. The summed E-state index contributed by atoms with van der Waals surface area (Å²) in [6, 6.07) is 7.79. The van der Waals surface area contributed by atoms with Crippen molar-refractivity contribution in [2.75, 3.05) is 39.3 Å². The third-order valence-electron chi connectivity index (χ3n) is 5.45. The van der Waals surface area contributed by atoms with E-state index in [1.807, 2.05) is 24.8 Å². The maximum atomic E-state index is 13.0. The smallest absolute Gasteiger partial charge is 0.434 e. The highest BCUT2D eigenvalue weighted by Crippen LogP contribution is 2.22. The zero-order valence-corrected chi connectivity index (χ0v) is 19.1. The SMILES string of the molecule is CCCN(CC)C(=O)c1ccc(Cl)cc1CN1CCN(C(=O)On2c(O)ccc2O)CC1. The molecule has 0 saturated carbocycles. The topological polar surface area (TPSA) is 98.5 Å². The molecule has 0 atom stereocenters. The van der Waals surface area contributed by atoms with Crippen LogP contribution < -0.4 is 4.84 Å². The van der Waals surface area contributed by atoms with Gasteiger partial charge in [0, 0.05) is 68.5 Å². The maximum Gasteiger partial charge on any atom is 0.434 e. The molecular formula is C22H29ClN4O5. The molecule has 0 radical (unpaired) electrons. The van der Waals surface area contributed by atoms with E-state index in [2.05, 4.69) is 4.90 Å². The van der Waals surface area contributed by atoms with E-state index in [0.717, 1.165) is 12.0 Å². The maximum absolute atomic E-state index is 13.0. The molecule has 10 heteroatoms. The van der Waals surface area contributed by atoms with Crippen LogP contribution in [0.25, 0.3) is 0 Å². The van der Waals surface area contributed by atoms with E-state index in [0.29, 0.717) is 61.1 Å².